The van der Waals surface area contributed by atoms with Gasteiger partial charge in [0.25, 0.3) is 0 Å². The van der Waals surface area contributed by atoms with Gasteiger partial charge in [0, 0.05) is 19.3 Å². The lowest BCUT2D eigenvalue weighted by atomic mass is 10.2. The number of ether oxygens (including phenoxy) is 2. The first-order chi connectivity index (χ1) is 9.72. The first-order valence-corrected chi connectivity index (χ1v) is 7.07. The molecule has 0 amide bonds. The molecule has 4 nitrogen and oxygen atoms in total. The van der Waals surface area contributed by atoms with Gasteiger partial charge >= 0.3 is 11.9 Å². The van der Waals surface area contributed by atoms with E-state index in [0.717, 1.165) is 12.0 Å². The van der Waals surface area contributed by atoms with Crippen LogP contribution >= 0.6 is 0 Å². The van der Waals surface area contributed by atoms with Gasteiger partial charge in [-0.2, -0.15) is 0 Å². The van der Waals surface area contributed by atoms with Gasteiger partial charge in [-0.3, -0.25) is 9.59 Å². The molecule has 0 N–H and O–H groups in total. The van der Waals surface area contributed by atoms with E-state index in [0.29, 0.717) is 38.9 Å². The fourth-order valence-electron chi connectivity index (χ4n) is 1.77. The molecule has 0 aromatic heterocycles. The third kappa shape index (κ3) is 7.56. The molecule has 1 rings (SSSR count). The first kappa shape index (κ1) is 16.2. The standard InChI is InChI=1S/C16H22O4/c1-2-19-15(17)10-6-7-11-16(18)20-13-12-14-8-4-3-5-9-14/h3-5,8-9H,2,6-7,10-13H2,1H3. The number of hydrogen-bond acceptors (Lipinski definition) is 4. The maximum absolute atomic E-state index is 11.5. The van der Waals surface area contributed by atoms with Crippen molar-refractivity contribution in [3.63, 3.8) is 0 Å². The molecule has 0 atom stereocenters. The van der Waals surface area contributed by atoms with Gasteiger partial charge < -0.3 is 9.47 Å². The fourth-order valence-corrected chi connectivity index (χ4v) is 1.77. The van der Waals surface area contributed by atoms with Crippen molar-refractivity contribution in [1.82, 2.24) is 0 Å². The van der Waals surface area contributed by atoms with Crippen molar-refractivity contribution in [2.75, 3.05) is 13.2 Å². The number of benzene rings is 1. The largest absolute Gasteiger partial charge is 0.466 e. The Kier molecular flexibility index (Phi) is 8.11. The molecule has 0 radical (unpaired) electrons. The van der Waals surface area contributed by atoms with Crippen molar-refractivity contribution >= 4 is 11.9 Å². The van der Waals surface area contributed by atoms with E-state index < -0.39 is 0 Å². The average molecular weight is 278 g/mol. The summed E-state index contributed by atoms with van der Waals surface area (Å²) >= 11 is 0. The Labute approximate surface area is 120 Å². The lowest BCUT2D eigenvalue weighted by molar-refractivity contribution is -0.145. The topological polar surface area (TPSA) is 52.6 Å². The van der Waals surface area contributed by atoms with Gasteiger partial charge in [0.15, 0.2) is 0 Å². The molecule has 0 heterocycles. The summed E-state index contributed by atoms with van der Waals surface area (Å²) in [5.74, 6) is -0.408. The minimum Gasteiger partial charge on any atom is -0.466 e. The van der Waals surface area contributed by atoms with Gasteiger partial charge in [-0.15, -0.1) is 0 Å². The molecule has 0 unspecified atom stereocenters. The number of hydrogen-bond donors (Lipinski definition) is 0. The molecule has 0 bridgehead atoms. The number of carbonyl (C=O) groups excluding carboxylic acids is 2. The minimum absolute atomic E-state index is 0.204. The van der Waals surface area contributed by atoms with Crippen LogP contribution in [0.3, 0.4) is 0 Å². The smallest absolute Gasteiger partial charge is 0.305 e. The fraction of sp³-hybridized carbons (Fsp3) is 0.500. The van der Waals surface area contributed by atoms with E-state index in [2.05, 4.69) is 0 Å². The molecule has 0 saturated heterocycles. The van der Waals surface area contributed by atoms with Crippen LogP contribution in [0.4, 0.5) is 0 Å². The van der Waals surface area contributed by atoms with Crippen molar-refractivity contribution < 1.29 is 19.1 Å². The Morgan fingerprint density at radius 3 is 2.15 bits per heavy atom. The molecular weight excluding hydrogens is 256 g/mol. The summed E-state index contributed by atoms with van der Waals surface area (Å²) in [6.07, 6.45) is 2.77. The predicted molar refractivity (Wildman–Crippen MR) is 76.2 cm³/mol. The third-order valence-electron chi connectivity index (χ3n) is 2.81. The molecule has 1 aromatic carbocycles. The number of rotatable bonds is 9. The van der Waals surface area contributed by atoms with Crippen LogP contribution in [0, 0.1) is 0 Å². The van der Waals surface area contributed by atoms with Crippen molar-refractivity contribution in [3.8, 4) is 0 Å². The molecule has 0 aliphatic rings. The van der Waals surface area contributed by atoms with Crippen molar-refractivity contribution in [1.29, 1.82) is 0 Å². The molecular formula is C16H22O4. The van der Waals surface area contributed by atoms with Crippen LogP contribution in [-0.2, 0) is 25.5 Å². The average Bonchev–Trinajstić information content (AvgIpc) is 2.45. The van der Waals surface area contributed by atoms with E-state index in [1.54, 1.807) is 6.92 Å². The summed E-state index contributed by atoms with van der Waals surface area (Å²) in [4.78, 5) is 22.5. The van der Waals surface area contributed by atoms with E-state index in [1.165, 1.54) is 0 Å². The van der Waals surface area contributed by atoms with Gasteiger partial charge in [0.1, 0.15) is 0 Å². The Bertz CT molecular complexity index is 400. The zero-order chi connectivity index (χ0) is 14.6. The zero-order valence-corrected chi connectivity index (χ0v) is 12.0. The summed E-state index contributed by atoms with van der Waals surface area (Å²) in [5.41, 5.74) is 1.16. The highest BCUT2D eigenvalue weighted by molar-refractivity contribution is 5.70. The van der Waals surface area contributed by atoms with Crippen molar-refractivity contribution in [2.45, 2.75) is 39.0 Å². The molecule has 0 aliphatic carbocycles. The molecule has 110 valence electrons. The second kappa shape index (κ2) is 10.0. The maximum Gasteiger partial charge on any atom is 0.305 e. The van der Waals surface area contributed by atoms with E-state index in [4.69, 9.17) is 9.47 Å². The molecule has 0 aliphatic heterocycles. The quantitative estimate of drug-likeness (QED) is 0.515. The molecule has 0 saturated carbocycles. The van der Waals surface area contributed by atoms with Gasteiger partial charge in [-0.25, -0.2) is 0 Å². The van der Waals surface area contributed by atoms with Crippen LogP contribution in [0.5, 0.6) is 0 Å². The summed E-state index contributed by atoms with van der Waals surface area (Å²) in [6, 6.07) is 9.90. The van der Waals surface area contributed by atoms with Crippen LogP contribution in [0.25, 0.3) is 0 Å². The molecule has 0 spiro atoms. The number of carbonyl (C=O) groups is 2. The molecule has 4 heteroatoms. The third-order valence-corrected chi connectivity index (χ3v) is 2.81. The van der Waals surface area contributed by atoms with E-state index >= 15 is 0 Å². The van der Waals surface area contributed by atoms with Crippen LogP contribution in [0.15, 0.2) is 30.3 Å². The Balaban J connectivity index is 2.02. The minimum atomic E-state index is -0.204. The second-order valence-corrected chi connectivity index (χ2v) is 4.47. The van der Waals surface area contributed by atoms with E-state index in [-0.39, 0.29) is 11.9 Å². The maximum atomic E-state index is 11.5. The molecule has 20 heavy (non-hydrogen) atoms. The Hall–Kier alpha value is -1.84. The van der Waals surface area contributed by atoms with E-state index in [1.807, 2.05) is 30.3 Å². The second-order valence-electron chi connectivity index (χ2n) is 4.47. The monoisotopic (exact) mass is 278 g/mol. The van der Waals surface area contributed by atoms with Gasteiger partial charge in [-0.1, -0.05) is 30.3 Å². The Morgan fingerprint density at radius 2 is 1.55 bits per heavy atom. The summed E-state index contributed by atoms with van der Waals surface area (Å²) < 4.78 is 9.95. The highest BCUT2D eigenvalue weighted by Gasteiger charge is 2.05. The lowest BCUT2D eigenvalue weighted by Crippen LogP contribution is -2.08. The summed E-state index contributed by atoms with van der Waals surface area (Å²) in [6.45, 7) is 2.59. The zero-order valence-electron chi connectivity index (χ0n) is 12.0. The summed E-state index contributed by atoms with van der Waals surface area (Å²) in [7, 11) is 0. The predicted octanol–water partition coefficient (Wildman–Crippen LogP) is 2.90. The van der Waals surface area contributed by atoms with Crippen molar-refractivity contribution in [3.05, 3.63) is 35.9 Å². The van der Waals surface area contributed by atoms with Gasteiger partial charge in [0.05, 0.1) is 13.2 Å². The lowest BCUT2D eigenvalue weighted by Gasteiger charge is -2.05. The van der Waals surface area contributed by atoms with Crippen LogP contribution < -0.4 is 0 Å². The highest BCUT2D eigenvalue weighted by atomic mass is 16.5. The first-order valence-electron chi connectivity index (χ1n) is 7.07. The highest BCUT2D eigenvalue weighted by Crippen LogP contribution is 2.04. The molecule has 0 fully saturated rings. The Morgan fingerprint density at radius 1 is 0.950 bits per heavy atom. The van der Waals surface area contributed by atoms with Crippen LogP contribution in [0.1, 0.15) is 38.2 Å². The molecule has 1 aromatic rings. The van der Waals surface area contributed by atoms with Gasteiger partial charge in [0.2, 0.25) is 0 Å². The van der Waals surface area contributed by atoms with E-state index in [9.17, 15) is 9.59 Å². The number of unbranched alkanes of at least 4 members (excludes halogenated alkanes) is 1. The SMILES string of the molecule is CCOC(=O)CCCCC(=O)OCCc1ccccc1. The van der Waals surface area contributed by atoms with Gasteiger partial charge in [-0.05, 0) is 25.3 Å². The van der Waals surface area contributed by atoms with Crippen LogP contribution in [0.2, 0.25) is 0 Å². The van der Waals surface area contributed by atoms with Crippen LogP contribution in [-0.4, -0.2) is 25.2 Å². The summed E-state index contributed by atoms with van der Waals surface area (Å²) in [5, 5.41) is 0. The number of esters is 2. The normalized spacial score (nSPS) is 10.1. The van der Waals surface area contributed by atoms with Crippen molar-refractivity contribution in [2.24, 2.45) is 0 Å².